The zero-order valence-electron chi connectivity index (χ0n) is 15.9. The van der Waals surface area contributed by atoms with Crippen LogP contribution in [0.4, 0.5) is 17.6 Å². The smallest absolute Gasteiger partial charge is 0.287 e. The third-order valence-electron chi connectivity index (χ3n) is 4.99. The molecule has 166 valence electrons. The van der Waals surface area contributed by atoms with Gasteiger partial charge in [-0.05, 0) is 24.3 Å². The van der Waals surface area contributed by atoms with Gasteiger partial charge in [-0.2, -0.15) is 10.1 Å². The molecule has 0 saturated carbocycles. The lowest BCUT2D eigenvalue weighted by Gasteiger charge is -2.30. The normalized spacial score (nSPS) is 18.7. The number of carbonyl (C=O) groups is 1. The molecule has 4 rings (SSSR count). The number of aliphatic hydroxyl groups is 1. The van der Waals surface area contributed by atoms with Gasteiger partial charge in [0, 0.05) is 17.4 Å². The molecule has 0 aliphatic carbocycles. The number of hydrogen-bond donors (Lipinski definition) is 1. The van der Waals surface area contributed by atoms with Gasteiger partial charge < -0.3 is 5.11 Å². The first-order valence-electron chi connectivity index (χ1n) is 9.17. The van der Waals surface area contributed by atoms with Crippen molar-refractivity contribution in [1.82, 2.24) is 9.99 Å². The molecule has 1 amide bonds. The van der Waals surface area contributed by atoms with Crippen molar-refractivity contribution in [3.05, 3.63) is 64.1 Å². The number of para-hydroxylation sites is 1. The quantitative estimate of drug-likeness (QED) is 0.487. The molecule has 0 spiro atoms. The van der Waals surface area contributed by atoms with Crippen LogP contribution >= 0.6 is 23.2 Å². The van der Waals surface area contributed by atoms with E-state index in [1.165, 1.54) is 24.3 Å². The second-order valence-corrected chi connectivity index (χ2v) is 7.88. The molecule has 1 atom stereocenters. The second-order valence-electron chi connectivity index (χ2n) is 7.07. The highest BCUT2D eigenvalue weighted by atomic mass is 35.5. The molecular weight excluding hydrogens is 473 g/mol. The maximum Gasteiger partial charge on any atom is 0.287 e. The van der Waals surface area contributed by atoms with E-state index in [2.05, 4.69) is 10.1 Å². The van der Waals surface area contributed by atoms with Gasteiger partial charge in [-0.25, -0.2) is 22.5 Å². The Bertz CT molecular complexity index is 1250. The van der Waals surface area contributed by atoms with Crippen LogP contribution in [-0.4, -0.2) is 45.3 Å². The van der Waals surface area contributed by atoms with Gasteiger partial charge in [0.1, 0.15) is 5.71 Å². The highest BCUT2D eigenvalue weighted by molar-refractivity contribution is 6.42. The second kappa shape index (κ2) is 8.31. The summed E-state index contributed by atoms with van der Waals surface area (Å²) in [5.74, 6) is -1.18. The zero-order valence-corrected chi connectivity index (χ0v) is 17.5. The number of fused-ring (bicyclic) bond motifs is 1. The predicted molar refractivity (Wildman–Crippen MR) is 112 cm³/mol. The largest absolute Gasteiger partial charge is 0.364 e. The van der Waals surface area contributed by atoms with Gasteiger partial charge in [0.05, 0.1) is 26.8 Å². The summed E-state index contributed by atoms with van der Waals surface area (Å²) in [5, 5.41) is 14.5. The van der Waals surface area contributed by atoms with Crippen molar-refractivity contribution in [2.75, 3.05) is 0 Å². The van der Waals surface area contributed by atoms with E-state index in [1.54, 1.807) is 24.3 Å². The van der Waals surface area contributed by atoms with Crippen LogP contribution in [0.25, 0.3) is 22.2 Å². The Morgan fingerprint density at radius 3 is 2.44 bits per heavy atom. The fourth-order valence-electron chi connectivity index (χ4n) is 3.37. The summed E-state index contributed by atoms with van der Waals surface area (Å²) in [6.45, 7) is 0. The summed E-state index contributed by atoms with van der Waals surface area (Å²) in [7, 11) is 0. The first-order chi connectivity index (χ1) is 15.1. The Labute approximate surface area is 188 Å². The molecule has 1 aromatic heterocycles. The van der Waals surface area contributed by atoms with Crippen LogP contribution in [0.2, 0.25) is 10.0 Å². The number of carbonyl (C=O) groups excluding carboxylic acids is 1. The predicted octanol–water partition coefficient (Wildman–Crippen LogP) is 5.63. The lowest BCUT2D eigenvalue weighted by atomic mass is 10.0. The first-order valence-corrected chi connectivity index (χ1v) is 9.93. The highest BCUT2D eigenvalue weighted by Gasteiger charge is 2.53. The first kappa shape index (κ1) is 22.4. The minimum Gasteiger partial charge on any atom is -0.364 e. The standard InChI is InChI=1S/C21H13Cl2F4N3O2/c22-13-6-5-10(7-14(13)23)16-8-12(11-3-1-2-4-15(11)28-16)19(31)30-21(32,20(26)27)9-17(29-30)18(24)25/h1-8,18,20,32H,9H2. The molecule has 0 bridgehead atoms. The number of pyridine rings is 1. The Kier molecular flexibility index (Phi) is 5.83. The molecule has 1 unspecified atom stereocenters. The minimum absolute atomic E-state index is 0.0273. The molecular formula is C21H13Cl2F4N3O2. The lowest BCUT2D eigenvalue weighted by Crippen LogP contribution is -2.51. The zero-order chi connectivity index (χ0) is 23.2. The van der Waals surface area contributed by atoms with E-state index in [9.17, 15) is 27.5 Å². The number of amides is 1. The highest BCUT2D eigenvalue weighted by Crippen LogP contribution is 2.36. The summed E-state index contributed by atoms with van der Waals surface area (Å²) in [6, 6.07) is 12.3. The van der Waals surface area contributed by atoms with Crippen molar-refractivity contribution in [3.63, 3.8) is 0 Å². The van der Waals surface area contributed by atoms with Crippen molar-refractivity contribution in [2.24, 2.45) is 5.10 Å². The minimum atomic E-state index is -3.53. The number of hydrazone groups is 1. The Morgan fingerprint density at radius 1 is 1.06 bits per heavy atom. The summed E-state index contributed by atoms with van der Waals surface area (Å²) in [6.07, 6.45) is -7.91. The number of halogens is 6. The molecule has 0 radical (unpaired) electrons. The fourth-order valence-corrected chi connectivity index (χ4v) is 3.67. The van der Waals surface area contributed by atoms with Gasteiger partial charge in [0.25, 0.3) is 18.8 Å². The maximum absolute atomic E-state index is 13.6. The van der Waals surface area contributed by atoms with Crippen molar-refractivity contribution in [3.8, 4) is 11.3 Å². The van der Waals surface area contributed by atoms with Crippen molar-refractivity contribution in [1.29, 1.82) is 0 Å². The molecule has 3 aromatic rings. The number of alkyl halides is 4. The molecule has 1 N–H and O–H groups in total. The lowest BCUT2D eigenvalue weighted by molar-refractivity contribution is -0.164. The van der Waals surface area contributed by atoms with E-state index in [0.29, 0.717) is 16.1 Å². The molecule has 32 heavy (non-hydrogen) atoms. The van der Waals surface area contributed by atoms with Gasteiger partial charge in [-0.15, -0.1) is 0 Å². The van der Waals surface area contributed by atoms with E-state index in [4.69, 9.17) is 23.2 Å². The van der Waals surface area contributed by atoms with Gasteiger partial charge in [-0.1, -0.05) is 47.5 Å². The van der Waals surface area contributed by atoms with Crippen LogP contribution in [0, 0.1) is 0 Å². The van der Waals surface area contributed by atoms with Gasteiger partial charge in [0.15, 0.2) is 0 Å². The number of hydrogen-bond acceptors (Lipinski definition) is 4. The molecule has 1 aliphatic heterocycles. The van der Waals surface area contributed by atoms with E-state index >= 15 is 0 Å². The van der Waals surface area contributed by atoms with Crippen LogP contribution in [0.3, 0.4) is 0 Å². The fraction of sp³-hybridized carbons (Fsp3) is 0.190. The van der Waals surface area contributed by atoms with Crippen molar-refractivity contribution in [2.45, 2.75) is 25.0 Å². The number of benzene rings is 2. The van der Waals surface area contributed by atoms with E-state index in [1.807, 2.05) is 0 Å². The van der Waals surface area contributed by atoms with Crippen molar-refractivity contribution >= 4 is 45.7 Å². The molecule has 2 aromatic carbocycles. The average molecular weight is 486 g/mol. The Hall–Kier alpha value is -2.75. The Morgan fingerprint density at radius 2 is 1.78 bits per heavy atom. The van der Waals surface area contributed by atoms with Crippen molar-refractivity contribution < 1.29 is 27.5 Å². The van der Waals surface area contributed by atoms with Crippen LogP contribution in [0.15, 0.2) is 53.6 Å². The van der Waals surface area contributed by atoms with Gasteiger partial charge >= 0.3 is 0 Å². The molecule has 2 heterocycles. The van der Waals surface area contributed by atoms with E-state index in [0.717, 1.165) is 0 Å². The summed E-state index contributed by atoms with van der Waals surface area (Å²) in [4.78, 5) is 17.7. The summed E-state index contributed by atoms with van der Waals surface area (Å²) >= 11 is 12.0. The molecule has 11 heteroatoms. The average Bonchev–Trinajstić information content (AvgIpc) is 3.13. The van der Waals surface area contributed by atoms with Crippen LogP contribution < -0.4 is 0 Å². The number of nitrogens with zero attached hydrogens (tertiary/aromatic N) is 3. The Balaban J connectivity index is 1.89. The third kappa shape index (κ3) is 3.80. The van der Waals surface area contributed by atoms with Crippen LogP contribution in [0.5, 0.6) is 0 Å². The molecule has 0 fully saturated rings. The SMILES string of the molecule is O=C(c1cc(-c2ccc(Cl)c(Cl)c2)nc2ccccc12)N1N=C(C(F)F)CC1(O)C(F)F. The van der Waals surface area contributed by atoms with Gasteiger partial charge in [0.2, 0.25) is 5.72 Å². The topological polar surface area (TPSA) is 65.8 Å². The number of rotatable bonds is 4. The number of aromatic nitrogens is 1. The monoisotopic (exact) mass is 485 g/mol. The molecule has 5 nitrogen and oxygen atoms in total. The summed E-state index contributed by atoms with van der Waals surface area (Å²) in [5.41, 5.74) is -3.31. The summed E-state index contributed by atoms with van der Waals surface area (Å²) < 4.78 is 53.5. The van der Waals surface area contributed by atoms with Crippen LogP contribution in [-0.2, 0) is 0 Å². The van der Waals surface area contributed by atoms with E-state index in [-0.39, 0.29) is 26.7 Å². The molecule has 1 aliphatic rings. The van der Waals surface area contributed by atoms with Gasteiger partial charge in [-0.3, -0.25) is 4.79 Å². The van der Waals surface area contributed by atoms with E-state index < -0.39 is 36.6 Å². The molecule has 0 saturated heterocycles. The third-order valence-corrected chi connectivity index (χ3v) is 5.73. The van der Waals surface area contributed by atoms with Crippen LogP contribution in [0.1, 0.15) is 16.8 Å². The maximum atomic E-state index is 13.6.